The third-order valence-electron chi connectivity index (χ3n) is 11.7. The van der Waals surface area contributed by atoms with Gasteiger partial charge in [0.25, 0.3) is 0 Å². The van der Waals surface area contributed by atoms with Crippen LogP contribution in [0.3, 0.4) is 0 Å². The van der Waals surface area contributed by atoms with E-state index >= 15 is 0 Å². The molecular weight excluding hydrogens is 511 g/mol. The van der Waals surface area contributed by atoms with Crippen LogP contribution in [-0.2, 0) is 8.85 Å². The fourth-order valence-corrected chi connectivity index (χ4v) is 10.1. The molecule has 0 spiro atoms. The van der Waals surface area contributed by atoms with Gasteiger partial charge in [0.2, 0.25) is 0 Å². The second kappa shape index (κ2) is 11.9. The molecule has 0 bridgehead atoms. The second-order valence-corrected chi connectivity index (χ2v) is 26.2. The normalized spacial score (nSPS) is 32.6. The largest absolute Gasteiger partial charge is 0.414 e. The smallest absolute Gasteiger partial charge is 0.192 e. The number of nitriles is 1. The molecular formula is C34H61NO2Si2. The molecule has 3 rings (SSSR count). The van der Waals surface area contributed by atoms with E-state index in [0.29, 0.717) is 29.6 Å². The summed E-state index contributed by atoms with van der Waals surface area (Å²) in [5.41, 5.74) is 3.53. The number of hydrogen-bond acceptors (Lipinski definition) is 3. The molecule has 3 nitrogen and oxygen atoms in total. The highest BCUT2D eigenvalue weighted by molar-refractivity contribution is 6.74. The van der Waals surface area contributed by atoms with Gasteiger partial charge >= 0.3 is 0 Å². The SMILES string of the molecule is C[C@H](CC#N)[C@H]1CC[C@H]2/C(=C/C=C3CC(O[Si](C)(C)C(C)(C)C)CC(O[Si](C)(C)C(C)(C)C)C3)CCC[C@]12C. The lowest BCUT2D eigenvalue weighted by Crippen LogP contribution is -2.48. The maximum atomic E-state index is 9.35. The molecule has 0 aromatic heterocycles. The van der Waals surface area contributed by atoms with Crippen molar-refractivity contribution in [2.45, 2.75) is 162 Å². The van der Waals surface area contributed by atoms with Gasteiger partial charge < -0.3 is 8.85 Å². The quantitative estimate of drug-likeness (QED) is 0.285. The predicted molar refractivity (Wildman–Crippen MR) is 172 cm³/mol. The zero-order valence-electron chi connectivity index (χ0n) is 27.7. The monoisotopic (exact) mass is 571 g/mol. The molecule has 3 saturated carbocycles. The third kappa shape index (κ3) is 7.40. The highest BCUT2D eigenvalue weighted by Gasteiger charge is 2.50. The average Bonchev–Trinajstić information content (AvgIpc) is 3.13. The van der Waals surface area contributed by atoms with E-state index in [9.17, 15) is 5.26 Å². The molecule has 0 aliphatic heterocycles. The van der Waals surface area contributed by atoms with E-state index in [4.69, 9.17) is 8.85 Å². The van der Waals surface area contributed by atoms with Gasteiger partial charge in [0.05, 0.1) is 18.3 Å². The fraction of sp³-hybridized carbons (Fsp3) is 0.853. The van der Waals surface area contributed by atoms with Crippen molar-refractivity contribution in [3.8, 4) is 6.07 Å². The standard InChI is InChI=1S/C34H61NO2Si2/c1-25(19-21-35)30-17-18-31-27(14-13-20-34(30,31)8)16-15-26-22-28(36-38(9,10)32(2,3)4)24-29(23-26)37-39(11,12)33(5,6)7/h15-16,25,28-31H,13-14,17-20,22-24H2,1-12H3/b26-15?,27-16+/t25-,28?,29?,30-,31+,34-/m1/s1. The molecule has 3 aliphatic rings. The number of nitrogens with zero attached hydrogens (tertiary/aromatic N) is 1. The minimum Gasteiger partial charge on any atom is -0.414 e. The van der Waals surface area contributed by atoms with Crippen molar-refractivity contribution in [3.63, 3.8) is 0 Å². The molecule has 5 heteroatoms. The topological polar surface area (TPSA) is 42.2 Å². The zero-order valence-corrected chi connectivity index (χ0v) is 29.7. The summed E-state index contributed by atoms with van der Waals surface area (Å²) >= 11 is 0. The van der Waals surface area contributed by atoms with Crippen LogP contribution in [0.1, 0.15) is 113 Å². The van der Waals surface area contributed by atoms with Crippen molar-refractivity contribution in [1.82, 2.24) is 0 Å². The molecule has 6 atom stereocenters. The highest BCUT2D eigenvalue weighted by atomic mass is 28.4. The Balaban J connectivity index is 1.86. The maximum Gasteiger partial charge on any atom is 0.192 e. The minimum absolute atomic E-state index is 0.209. The van der Waals surface area contributed by atoms with Crippen molar-refractivity contribution in [2.75, 3.05) is 0 Å². The van der Waals surface area contributed by atoms with E-state index in [1.807, 2.05) is 0 Å². The lowest BCUT2D eigenvalue weighted by atomic mass is 9.61. The minimum atomic E-state index is -1.86. The Morgan fingerprint density at radius 1 is 0.949 bits per heavy atom. The predicted octanol–water partition coefficient (Wildman–Crippen LogP) is 10.6. The summed E-state index contributed by atoms with van der Waals surface area (Å²) in [4.78, 5) is 0. The first-order chi connectivity index (χ1) is 17.8. The van der Waals surface area contributed by atoms with Gasteiger partial charge in [-0.1, -0.05) is 78.7 Å². The summed E-state index contributed by atoms with van der Waals surface area (Å²) in [5.74, 6) is 1.86. The maximum absolute atomic E-state index is 9.35. The van der Waals surface area contributed by atoms with Crippen LogP contribution < -0.4 is 0 Å². The molecule has 0 amide bonds. The Morgan fingerprint density at radius 3 is 1.97 bits per heavy atom. The molecule has 0 radical (unpaired) electrons. The van der Waals surface area contributed by atoms with Crippen molar-refractivity contribution < 1.29 is 8.85 Å². The summed E-state index contributed by atoms with van der Waals surface area (Å²) in [6.07, 6.45) is 15.7. The summed E-state index contributed by atoms with van der Waals surface area (Å²) in [6.45, 7) is 28.5. The second-order valence-electron chi connectivity index (χ2n) is 16.6. The van der Waals surface area contributed by atoms with Crippen LogP contribution in [0.5, 0.6) is 0 Å². The number of fused-ring (bicyclic) bond motifs is 1. The first-order valence-electron chi connectivity index (χ1n) is 15.9. The Morgan fingerprint density at radius 2 is 1.49 bits per heavy atom. The number of hydrogen-bond donors (Lipinski definition) is 0. The first-order valence-corrected chi connectivity index (χ1v) is 21.7. The van der Waals surface area contributed by atoms with Crippen LogP contribution in [0.15, 0.2) is 23.3 Å². The molecule has 2 unspecified atom stereocenters. The molecule has 3 fully saturated rings. The van der Waals surface area contributed by atoms with E-state index in [1.165, 1.54) is 37.7 Å². The first kappa shape index (κ1) is 32.8. The van der Waals surface area contributed by atoms with E-state index in [-0.39, 0.29) is 22.3 Å². The van der Waals surface area contributed by atoms with Crippen LogP contribution >= 0.6 is 0 Å². The summed E-state index contributed by atoms with van der Waals surface area (Å²) in [6, 6.07) is 2.45. The highest BCUT2D eigenvalue weighted by Crippen LogP contribution is 2.59. The van der Waals surface area contributed by atoms with Crippen LogP contribution in [0.2, 0.25) is 36.3 Å². The van der Waals surface area contributed by atoms with Gasteiger partial charge in [-0.05, 0) is 111 Å². The molecule has 0 aromatic rings. The molecule has 3 aliphatic carbocycles. The van der Waals surface area contributed by atoms with E-state index in [1.54, 1.807) is 5.57 Å². The van der Waals surface area contributed by atoms with Gasteiger partial charge in [0, 0.05) is 6.42 Å². The molecule has 0 N–H and O–H groups in total. The lowest BCUT2D eigenvalue weighted by Gasteiger charge is -2.45. The van der Waals surface area contributed by atoms with E-state index in [2.05, 4.69) is 99.8 Å². The van der Waals surface area contributed by atoms with Gasteiger partial charge in [-0.2, -0.15) is 5.26 Å². The summed E-state index contributed by atoms with van der Waals surface area (Å²) < 4.78 is 14.1. The van der Waals surface area contributed by atoms with Crippen LogP contribution in [0, 0.1) is 34.5 Å². The van der Waals surface area contributed by atoms with Crippen molar-refractivity contribution >= 4 is 16.6 Å². The van der Waals surface area contributed by atoms with Gasteiger partial charge in [-0.3, -0.25) is 0 Å². The average molecular weight is 572 g/mol. The molecule has 0 aromatic carbocycles. The van der Waals surface area contributed by atoms with Crippen LogP contribution in [-0.4, -0.2) is 28.8 Å². The Labute approximate surface area is 244 Å². The molecule has 39 heavy (non-hydrogen) atoms. The summed E-state index contributed by atoms with van der Waals surface area (Å²) in [5, 5.41) is 9.76. The van der Waals surface area contributed by atoms with Gasteiger partial charge in [-0.25, -0.2) is 0 Å². The molecule has 0 heterocycles. The molecule has 0 saturated heterocycles. The van der Waals surface area contributed by atoms with Crippen molar-refractivity contribution in [2.24, 2.45) is 23.2 Å². The van der Waals surface area contributed by atoms with Crippen LogP contribution in [0.4, 0.5) is 0 Å². The van der Waals surface area contributed by atoms with E-state index < -0.39 is 16.6 Å². The summed E-state index contributed by atoms with van der Waals surface area (Å²) in [7, 11) is -3.73. The Bertz CT molecular complexity index is 923. The Kier molecular flexibility index (Phi) is 10.0. The van der Waals surface area contributed by atoms with Gasteiger partial charge in [-0.15, -0.1) is 0 Å². The lowest BCUT2D eigenvalue weighted by molar-refractivity contribution is 0.0725. The Hall–Kier alpha value is -0.676. The van der Waals surface area contributed by atoms with Gasteiger partial charge in [0.1, 0.15) is 0 Å². The zero-order chi connectivity index (χ0) is 29.4. The van der Waals surface area contributed by atoms with E-state index in [0.717, 1.165) is 19.3 Å². The third-order valence-corrected chi connectivity index (χ3v) is 20.8. The van der Waals surface area contributed by atoms with Gasteiger partial charge in [0.15, 0.2) is 16.6 Å². The van der Waals surface area contributed by atoms with Crippen molar-refractivity contribution in [1.29, 1.82) is 5.26 Å². The van der Waals surface area contributed by atoms with Crippen LogP contribution in [0.25, 0.3) is 0 Å². The fourth-order valence-electron chi connectivity index (χ4n) is 7.36. The van der Waals surface area contributed by atoms with Crippen molar-refractivity contribution in [3.05, 3.63) is 23.3 Å². The number of allylic oxidation sites excluding steroid dienone is 3. The molecule has 222 valence electrons. The number of rotatable bonds is 7.